The second-order valence-corrected chi connectivity index (χ2v) is 8.70. The summed E-state index contributed by atoms with van der Waals surface area (Å²) in [5.74, 6) is 0.0147. The molecule has 0 unspecified atom stereocenters. The maximum atomic E-state index is 13.1. The summed E-state index contributed by atoms with van der Waals surface area (Å²) in [6.45, 7) is 2.56. The molecule has 0 N–H and O–H groups in total. The molecular weight excluding hydrogens is 400 g/mol. The summed E-state index contributed by atoms with van der Waals surface area (Å²) in [4.78, 5) is 28.1. The van der Waals surface area contributed by atoms with Gasteiger partial charge in [0.1, 0.15) is 4.91 Å². The lowest BCUT2D eigenvalue weighted by Crippen LogP contribution is -2.29. The van der Waals surface area contributed by atoms with E-state index in [2.05, 4.69) is 22.0 Å². The molecule has 29 heavy (non-hydrogen) atoms. The van der Waals surface area contributed by atoms with Gasteiger partial charge in [-0.1, -0.05) is 30.0 Å². The minimum atomic E-state index is 0.0147. The van der Waals surface area contributed by atoms with Crippen LogP contribution in [0.4, 0.5) is 11.4 Å². The van der Waals surface area contributed by atoms with Gasteiger partial charge in [-0.3, -0.25) is 14.7 Å². The van der Waals surface area contributed by atoms with Crippen LogP contribution >= 0.6 is 23.5 Å². The van der Waals surface area contributed by atoms with Crippen molar-refractivity contribution in [1.82, 2.24) is 9.88 Å². The fourth-order valence-corrected chi connectivity index (χ4v) is 5.85. The molecule has 0 radical (unpaired) electrons. The molecule has 3 aromatic rings. The normalized spacial score (nSPS) is 20.2. The molecule has 0 saturated carbocycles. The molecule has 7 heteroatoms. The van der Waals surface area contributed by atoms with Gasteiger partial charge < -0.3 is 4.90 Å². The van der Waals surface area contributed by atoms with Crippen LogP contribution in [0.5, 0.6) is 0 Å². The number of aromatic nitrogens is 1. The first kappa shape index (κ1) is 18.3. The predicted octanol–water partition coefficient (Wildman–Crippen LogP) is 5.23. The zero-order chi connectivity index (χ0) is 20.0. The van der Waals surface area contributed by atoms with Crippen molar-refractivity contribution in [2.24, 2.45) is 4.99 Å². The van der Waals surface area contributed by atoms with Gasteiger partial charge in [0.05, 0.1) is 21.9 Å². The molecular formula is C22H18N4OS2. The number of carbonyl (C=O) groups excluding carboxylic acids is 1. The van der Waals surface area contributed by atoms with E-state index >= 15 is 0 Å². The summed E-state index contributed by atoms with van der Waals surface area (Å²) in [5, 5.41) is 2.72. The van der Waals surface area contributed by atoms with Gasteiger partial charge in [-0.15, -0.1) is 0 Å². The number of nitrogens with zero attached hydrogens (tertiary/aromatic N) is 4. The molecule has 144 valence electrons. The van der Waals surface area contributed by atoms with Crippen molar-refractivity contribution in [3.05, 3.63) is 70.7 Å². The molecule has 2 aromatic carbocycles. The van der Waals surface area contributed by atoms with Gasteiger partial charge in [0.2, 0.25) is 0 Å². The van der Waals surface area contributed by atoms with E-state index in [-0.39, 0.29) is 5.91 Å². The average molecular weight is 419 g/mol. The first-order chi connectivity index (χ1) is 14.2. The highest BCUT2D eigenvalue weighted by molar-refractivity contribution is 8.19. The molecule has 1 amide bonds. The van der Waals surface area contributed by atoms with Gasteiger partial charge in [-0.05, 0) is 55.1 Å². The number of hydrogen-bond acceptors (Lipinski definition) is 6. The van der Waals surface area contributed by atoms with Gasteiger partial charge in [-0.2, -0.15) is 0 Å². The molecule has 0 atom stereocenters. The number of benzene rings is 2. The minimum absolute atomic E-state index is 0.0147. The molecule has 0 spiro atoms. The van der Waals surface area contributed by atoms with Crippen molar-refractivity contribution in [3.63, 3.8) is 0 Å². The zero-order valence-electron chi connectivity index (χ0n) is 16.0. The maximum Gasteiger partial charge on any atom is 0.269 e. The fraction of sp³-hybridized carbons (Fsp3) is 0.136. The second-order valence-electron chi connectivity index (χ2n) is 6.69. The maximum absolute atomic E-state index is 13.1. The SMILES string of the molecule is CCN1C(=O)/C(=C2/Sc3ccccc3N2C)S/C1=N/c1ccc2ncccc2c1. The summed E-state index contributed by atoms with van der Waals surface area (Å²) < 4.78 is 0. The second kappa shape index (κ2) is 7.24. The van der Waals surface area contributed by atoms with Crippen LogP contribution in [0.2, 0.25) is 0 Å². The van der Waals surface area contributed by atoms with Crippen LogP contribution in [0.1, 0.15) is 6.92 Å². The molecule has 5 nitrogen and oxygen atoms in total. The number of fused-ring (bicyclic) bond motifs is 2. The lowest BCUT2D eigenvalue weighted by molar-refractivity contribution is -0.122. The van der Waals surface area contributed by atoms with Crippen LogP contribution in [-0.4, -0.2) is 34.6 Å². The Bertz CT molecular complexity index is 1200. The van der Waals surface area contributed by atoms with Crippen molar-refractivity contribution >= 4 is 56.9 Å². The molecule has 1 saturated heterocycles. The van der Waals surface area contributed by atoms with Crippen LogP contribution in [0.25, 0.3) is 10.9 Å². The molecule has 3 heterocycles. The van der Waals surface area contributed by atoms with E-state index in [0.29, 0.717) is 11.7 Å². The first-order valence-electron chi connectivity index (χ1n) is 9.34. The highest BCUT2D eigenvalue weighted by Crippen LogP contribution is 2.49. The number of carbonyl (C=O) groups is 1. The number of likely N-dealkylation sites (N-methyl/N-ethyl adjacent to an activating group) is 1. The van der Waals surface area contributed by atoms with Gasteiger partial charge in [0, 0.05) is 30.1 Å². The topological polar surface area (TPSA) is 48.8 Å². The van der Waals surface area contributed by atoms with E-state index in [9.17, 15) is 4.79 Å². The van der Waals surface area contributed by atoms with Crippen molar-refractivity contribution < 1.29 is 4.79 Å². The number of aliphatic imine (C=N–C) groups is 1. The van der Waals surface area contributed by atoms with E-state index in [1.807, 2.05) is 56.4 Å². The first-order valence-corrected chi connectivity index (χ1v) is 11.0. The Morgan fingerprint density at radius 1 is 1.07 bits per heavy atom. The zero-order valence-corrected chi connectivity index (χ0v) is 17.6. The molecule has 2 aliphatic rings. The van der Waals surface area contributed by atoms with E-state index in [1.54, 1.807) is 22.9 Å². The number of anilines is 1. The Kier molecular flexibility index (Phi) is 4.56. The third-order valence-corrected chi connectivity index (χ3v) is 7.36. The monoisotopic (exact) mass is 418 g/mol. The van der Waals surface area contributed by atoms with Crippen LogP contribution in [0.3, 0.4) is 0 Å². The van der Waals surface area contributed by atoms with Crippen molar-refractivity contribution in [2.45, 2.75) is 11.8 Å². The summed E-state index contributed by atoms with van der Waals surface area (Å²) >= 11 is 3.09. The fourth-order valence-electron chi connectivity index (χ4n) is 3.44. The lowest BCUT2D eigenvalue weighted by Gasteiger charge is -2.15. The van der Waals surface area contributed by atoms with Crippen LogP contribution in [0.15, 0.2) is 80.6 Å². The molecule has 5 rings (SSSR count). The summed E-state index contributed by atoms with van der Waals surface area (Å²) in [5.41, 5.74) is 2.88. The Balaban J connectivity index is 1.54. The largest absolute Gasteiger partial charge is 0.337 e. The van der Waals surface area contributed by atoms with Crippen molar-refractivity contribution in [2.75, 3.05) is 18.5 Å². The number of amides is 1. The standard InChI is InChI=1S/C22H18N4OS2/c1-3-26-20(27)19(21-25(2)17-8-4-5-9-18(17)28-21)29-22(26)24-15-10-11-16-14(13-15)7-6-12-23-16/h4-13H,3H2,1-2H3/b21-19-,24-22+. The van der Waals surface area contributed by atoms with E-state index in [1.165, 1.54) is 16.7 Å². The summed E-state index contributed by atoms with van der Waals surface area (Å²) in [6.07, 6.45) is 1.78. The Morgan fingerprint density at radius 3 is 2.76 bits per heavy atom. The van der Waals surface area contributed by atoms with Gasteiger partial charge in [0.25, 0.3) is 5.91 Å². The quantitative estimate of drug-likeness (QED) is 0.534. The Morgan fingerprint density at radius 2 is 1.93 bits per heavy atom. The lowest BCUT2D eigenvalue weighted by atomic mass is 10.2. The molecule has 0 bridgehead atoms. The number of thioether (sulfide) groups is 2. The van der Waals surface area contributed by atoms with E-state index in [4.69, 9.17) is 4.99 Å². The summed E-state index contributed by atoms with van der Waals surface area (Å²) in [6, 6.07) is 18.1. The number of amidine groups is 1. The third-order valence-electron chi connectivity index (χ3n) is 4.92. The number of rotatable bonds is 2. The van der Waals surface area contributed by atoms with Gasteiger partial charge >= 0.3 is 0 Å². The van der Waals surface area contributed by atoms with Gasteiger partial charge in [-0.25, -0.2) is 4.99 Å². The highest BCUT2D eigenvalue weighted by Gasteiger charge is 2.38. The summed E-state index contributed by atoms with van der Waals surface area (Å²) in [7, 11) is 2.01. The number of pyridine rings is 1. The average Bonchev–Trinajstić information content (AvgIpc) is 3.24. The highest BCUT2D eigenvalue weighted by atomic mass is 32.2. The minimum Gasteiger partial charge on any atom is -0.337 e. The molecule has 1 fully saturated rings. The Hall–Kier alpha value is -2.77. The van der Waals surface area contributed by atoms with E-state index in [0.717, 1.165) is 32.2 Å². The molecule has 2 aliphatic heterocycles. The van der Waals surface area contributed by atoms with Crippen molar-refractivity contribution in [3.8, 4) is 0 Å². The van der Waals surface area contributed by atoms with E-state index < -0.39 is 0 Å². The molecule has 0 aliphatic carbocycles. The smallest absolute Gasteiger partial charge is 0.269 e. The third kappa shape index (κ3) is 3.10. The van der Waals surface area contributed by atoms with Gasteiger partial charge in [0.15, 0.2) is 5.17 Å². The molecule has 1 aromatic heterocycles. The number of para-hydroxylation sites is 1. The van der Waals surface area contributed by atoms with Crippen LogP contribution < -0.4 is 4.90 Å². The van der Waals surface area contributed by atoms with Crippen LogP contribution in [0, 0.1) is 0 Å². The number of hydrogen-bond donors (Lipinski definition) is 0. The Labute approximate surface area is 177 Å². The van der Waals surface area contributed by atoms with Crippen LogP contribution in [-0.2, 0) is 4.79 Å². The van der Waals surface area contributed by atoms with Crippen molar-refractivity contribution in [1.29, 1.82) is 0 Å². The predicted molar refractivity (Wildman–Crippen MR) is 122 cm³/mol.